The molecule has 37 heavy (non-hydrogen) atoms. The number of carbonyl (C=O) groups is 3. The van der Waals surface area contributed by atoms with Gasteiger partial charge < -0.3 is 28.8 Å². The zero-order valence-electron chi connectivity index (χ0n) is 19.8. The first-order chi connectivity index (χ1) is 17.9. The number of hydrogen-bond acceptors (Lipinski definition) is 8. The van der Waals surface area contributed by atoms with Crippen molar-refractivity contribution in [2.45, 2.75) is 19.1 Å². The molecule has 1 fully saturated rings. The predicted octanol–water partition coefficient (Wildman–Crippen LogP) is 2.47. The minimum absolute atomic E-state index is 0.00969. The van der Waals surface area contributed by atoms with Crippen molar-refractivity contribution in [3.05, 3.63) is 66.5 Å². The summed E-state index contributed by atoms with van der Waals surface area (Å²) in [5, 5.41) is 2.59. The number of fused-ring (bicyclic) bond motifs is 1. The van der Waals surface area contributed by atoms with Crippen LogP contribution >= 0.6 is 0 Å². The molecular formula is C25H23FN4O7. The molecule has 2 aromatic carbocycles. The van der Waals surface area contributed by atoms with Crippen LogP contribution in [0.3, 0.4) is 0 Å². The molecule has 2 atom stereocenters. The fourth-order valence-electron chi connectivity index (χ4n) is 3.92. The Morgan fingerprint density at radius 3 is 2.76 bits per heavy atom. The molecule has 192 valence electrons. The first-order valence-corrected chi connectivity index (χ1v) is 11.5. The van der Waals surface area contributed by atoms with E-state index in [0.717, 1.165) is 0 Å². The van der Waals surface area contributed by atoms with Gasteiger partial charge in [-0.25, -0.2) is 19.0 Å². The quantitative estimate of drug-likeness (QED) is 0.482. The number of rotatable bonds is 7. The van der Waals surface area contributed by atoms with Gasteiger partial charge in [-0.15, -0.1) is 0 Å². The lowest BCUT2D eigenvalue weighted by molar-refractivity contribution is -0.119. The predicted molar refractivity (Wildman–Crippen MR) is 126 cm³/mol. The van der Waals surface area contributed by atoms with Gasteiger partial charge in [0.05, 0.1) is 24.5 Å². The molecule has 1 saturated heterocycles. The molecular weight excluding hydrogens is 487 g/mol. The Morgan fingerprint density at radius 2 is 1.97 bits per heavy atom. The summed E-state index contributed by atoms with van der Waals surface area (Å²) < 4.78 is 38.2. The summed E-state index contributed by atoms with van der Waals surface area (Å²) in [6, 6.07) is 11.4. The summed E-state index contributed by atoms with van der Waals surface area (Å²) in [6.45, 7) is 1.88. The summed E-state index contributed by atoms with van der Waals surface area (Å²) in [5.74, 6) is -0.370. The van der Waals surface area contributed by atoms with Crippen LogP contribution in [0.4, 0.5) is 14.9 Å². The third-order valence-electron chi connectivity index (χ3n) is 5.73. The van der Waals surface area contributed by atoms with Crippen LogP contribution in [0.1, 0.15) is 17.4 Å². The fourth-order valence-corrected chi connectivity index (χ4v) is 3.92. The normalized spacial score (nSPS) is 18.3. The molecule has 0 radical (unpaired) electrons. The van der Waals surface area contributed by atoms with Crippen molar-refractivity contribution in [2.75, 3.05) is 31.2 Å². The highest BCUT2D eigenvalue weighted by Gasteiger charge is 2.33. The Morgan fingerprint density at radius 1 is 1.16 bits per heavy atom. The third-order valence-corrected chi connectivity index (χ3v) is 5.73. The second-order valence-corrected chi connectivity index (χ2v) is 8.45. The van der Waals surface area contributed by atoms with Gasteiger partial charge in [-0.3, -0.25) is 9.69 Å². The summed E-state index contributed by atoms with van der Waals surface area (Å²) in [5.41, 5.74) is 0.412. The number of halogens is 1. The SMILES string of the molecule is CC(=O)NC[C@H]1CN(c2ccc(-n3cnc(C(=O)OCC4COc5ccccc5O4)c3)c(F)c2)C(=O)O1. The molecule has 2 amide bonds. The van der Waals surface area contributed by atoms with Gasteiger partial charge in [-0.1, -0.05) is 12.1 Å². The van der Waals surface area contributed by atoms with Crippen LogP contribution in [0.15, 0.2) is 55.0 Å². The van der Waals surface area contributed by atoms with Gasteiger partial charge in [0.1, 0.15) is 31.5 Å². The lowest BCUT2D eigenvalue weighted by Gasteiger charge is -2.25. The maximum absolute atomic E-state index is 15.0. The highest BCUT2D eigenvalue weighted by Crippen LogP contribution is 2.31. The van der Waals surface area contributed by atoms with E-state index < -0.39 is 30.1 Å². The molecule has 0 saturated carbocycles. The number of carbonyl (C=O) groups excluding carboxylic acids is 3. The Hall–Kier alpha value is -4.61. The monoisotopic (exact) mass is 510 g/mol. The van der Waals surface area contributed by atoms with Crippen LogP contribution in [-0.2, 0) is 14.3 Å². The number of nitrogens with one attached hydrogen (secondary N) is 1. The lowest BCUT2D eigenvalue weighted by Crippen LogP contribution is -2.34. The number of anilines is 1. The highest BCUT2D eigenvalue weighted by atomic mass is 19.1. The van der Waals surface area contributed by atoms with Gasteiger partial charge in [-0.2, -0.15) is 0 Å². The molecule has 1 N–H and O–H groups in total. The van der Waals surface area contributed by atoms with Crippen LogP contribution in [0.2, 0.25) is 0 Å². The van der Waals surface area contributed by atoms with E-state index in [9.17, 15) is 18.8 Å². The van der Waals surface area contributed by atoms with Crippen LogP contribution in [0, 0.1) is 5.82 Å². The smallest absolute Gasteiger partial charge is 0.414 e. The van der Waals surface area contributed by atoms with Crippen molar-refractivity contribution in [1.82, 2.24) is 14.9 Å². The number of hydrogen-bond donors (Lipinski definition) is 1. The molecule has 11 nitrogen and oxygen atoms in total. The minimum Gasteiger partial charge on any atom is -0.486 e. The Balaban J connectivity index is 1.20. The van der Waals surface area contributed by atoms with Crippen LogP contribution in [0.5, 0.6) is 11.5 Å². The molecule has 1 aromatic heterocycles. The van der Waals surface area contributed by atoms with E-state index in [4.69, 9.17) is 18.9 Å². The summed E-state index contributed by atoms with van der Waals surface area (Å²) in [7, 11) is 0. The van der Waals surface area contributed by atoms with Crippen molar-refractivity contribution in [1.29, 1.82) is 0 Å². The summed E-state index contributed by atoms with van der Waals surface area (Å²) in [4.78, 5) is 41.1. The van der Waals surface area contributed by atoms with Crippen molar-refractivity contribution in [3.63, 3.8) is 0 Å². The number of ether oxygens (including phenoxy) is 4. The Labute approximate surface area is 210 Å². The molecule has 2 aliphatic heterocycles. The average Bonchev–Trinajstić information content (AvgIpc) is 3.53. The lowest BCUT2D eigenvalue weighted by atomic mass is 10.2. The molecule has 0 spiro atoms. The number of esters is 1. The van der Waals surface area contributed by atoms with Crippen molar-refractivity contribution in [2.24, 2.45) is 0 Å². The van der Waals surface area contributed by atoms with Crippen molar-refractivity contribution < 1.29 is 37.7 Å². The number of benzene rings is 2. The fraction of sp³-hybridized carbons (Fsp3) is 0.280. The zero-order chi connectivity index (χ0) is 25.9. The van der Waals surface area contributed by atoms with E-state index in [1.165, 1.54) is 41.0 Å². The van der Waals surface area contributed by atoms with Crippen molar-refractivity contribution >= 4 is 23.7 Å². The van der Waals surface area contributed by atoms with E-state index in [-0.39, 0.29) is 43.6 Å². The molecule has 0 aliphatic carbocycles. The average molecular weight is 510 g/mol. The number of aromatic nitrogens is 2. The first kappa shape index (κ1) is 24.1. The minimum atomic E-state index is -0.691. The van der Waals surface area contributed by atoms with E-state index in [0.29, 0.717) is 17.2 Å². The maximum Gasteiger partial charge on any atom is 0.414 e. The maximum atomic E-state index is 15.0. The Kier molecular flexibility index (Phi) is 6.62. The van der Waals surface area contributed by atoms with E-state index >= 15 is 0 Å². The largest absolute Gasteiger partial charge is 0.486 e. The van der Waals surface area contributed by atoms with Gasteiger partial charge in [0.2, 0.25) is 5.91 Å². The molecule has 3 aromatic rings. The molecule has 2 aliphatic rings. The first-order valence-electron chi connectivity index (χ1n) is 11.5. The van der Waals surface area contributed by atoms with E-state index in [1.807, 2.05) is 12.1 Å². The number of nitrogens with zero attached hydrogens (tertiary/aromatic N) is 3. The molecule has 1 unspecified atom stereocenters. The highest BCUT2D eigenvalue weighted by molar-refractivity contribution is 5.90. The summed E-state index contributed by atoms with van der Waals surface area (Å²) >= 11 is 0. The molecule has 3 heterocycles. The zero-order valence-corrected chi connectivity index (χ0v) is 19.8. The van der Waals surface area contributed by atoms with Crippen LogP contribution < -0.4 is 19.7 Å². The third kappa shape index (κ3) is 5.32. The van der Waals surface area contributed by atoms with E-state index in [1.54, 1.807) is 18.2 Å². The summed E-state index contributed by atoms with van der Waals surface area (Å²) in [6.07, 6.45) is 0.994. The number of para-hydroxylation sites is 2. The van der Waals surface area contributed by atoms with Crippen molar-refractivity contribution in [3.8, 4) is 17.2 Å². The number of imidazole rings is 1. The second kappa shape index (κ2) is 10.2. The molecule has 5 rings (SSSR count). The Bertz CT molecular complexity index is 1340. The van der Waals surface area contributed by atoms with Gasteiger partial charge in [-0.05, 0) is 30.3 Å². The van der Waals surface area contributed by atoms with Gasteiger partial charge in [0.25, 0.3) is 0 Å². The van der Waals surface area contributed by atoms with Gasteiger partial charge >= 0.3 is 12.1 Å². The van der Waals surface area contributed by atoms with E-state index in [2.05, 4.69) is 10.3 Å². The number of cyclic esters (lactones) is 1. The number of amides is 2. The van der Waals surface area contributed by atoms with Gasteiger partial charge in [0, 0.05) is 13.1 Å². The topological polar surface area (TPSA) is 121 Å². The second-order valence-electron chi connectivity index (χ2n) is 8.45. The van der Waals surface area contributed by atoms with Crippen LogP contribution in [-0.4, -0.2) is 66.0 Å². The molecule has 0 bridgehead atoms. The molecule has 12 heteroatoms. The standard InChI is InChI=1S/C25H23FN4O7/c1-15(31)27-9-17-10-30(25(33)37-17)16-6-7-21(19(26)8-16)29-11-20(28-14-29)24(32)35-13-18-12-34-22-4-2-3-5-23(22)36-18/h2-8,11,14,17-18H,9-10,12-13H2,1H3,(H,27,31)/t17-,18?/m0/s1. The van der Waals surface area contributed by atoms with Crippen LogP contribution in [0.25, 0.3) is 5.69 Å². The van der Waals surface area contributed by atoms with Gasteiger partial charge in [0.15, 0.2) is 23.3 Å².